The summed E-state index contributed by atoms with van der Waals surface area (Å²) in [6.45, 7) is 0. The van der Waals surface area contributed by atoms with Crippen LogP contribution in [0.3, 0.4) is 0 Å². The van der Waals surface area contributed by atoms with Gasteiger partial charge in [0.05, 0.1) is 15.6 Å². The number of hydrogen-bond acceptors (Lipinski definition) is 4. The Hall–Kier alpha value is -7.53. The first-order chi connectivity index (χ1) is 29.7. The molecular formula is C56H36N2OS. The predicted molar refractivity (Wildman–Crippen MR) is 250 cm³/mol. The summed E-state index contributed by atoms with van der Waals surface area (Å²) in [6, 6.07) is 78.8. The summed E-state index contributed by atoms with van der Waals surface area (Å²) < 4.78 is 7.62. The Morgan fingerprint density at radius 1 is 0.433 bits per heavy atom. The lowest BCUT2D eigenvalue weighted by molar-refractivity contribution is 0.670. The van der Waals surface area contributed by atoms with E-state index in [1.165, 1.54) is 33.4 Å². The second-order valence-electron chi connectivity index (χ2n) is 15.5. The molecule has 60 heavy (non-hydrogen) atoms. The number of hydrogen-bond donors (Lipinski definition) is 0. The Morgan fingerprint density at radius 3 is 1.82 bits per heavy atom. The average molecular weight is 785 g/mol. The highest BCUT2D eigenvalue weighted by atomic mass is 32.1. The zero-order valence-electron chi connectivity index (χ0n) is 32.5. The molecule has 1 aliphatic rings. The van der Waals surface area contributed by atoms with Gasteiger partial charge in [0.25, 0.3) is 0 Å². The molecule has 0 unspecified atom stereocenters. The Bertz CT molecular complexity index is 3330. The van der Waals surface area contributed by atoms with E-state index in [9.17, 15) is 0 Å². The first-order valence-electron chi connectivity index (χ1n) is 20.4. The fourth-order valence-corrected chi connectivity index (χ4v) is 10.5. The first kappa shape index (κ1) is 34.5. The number of benzene rings is 9. The standard InChI is InChI=1S/C56H36N2OS/c1-4-15-38(16-5-1)55-57-51-34-32-43(36-53(51)60-55)58(41-29-27-37(28-30-41)44-23-14-24-48-47-22-11-13-26-52(47)59-54(44)48)42-31-33-46-45-21-10-12-25-49(45)56(50(46)35-42,39-17-6-2-7-18-39)40-19-8-3-9-20-40/h1-36H. The van der Waals surface area contributed by atoms with Crippen molar-refractivity contribution >= 4 is 60.6 Å². The Labute approximate surface area is 352 Å². The maximum absolute atomic E-state index is 6.48. The van der Waals surface area contributed by atoms with E-state index in [-0.39, 0.29) is 0 Å². The lowest BCUT2D eigenvalue weighted by Gasteiger charge is -2.35. The van der Waals surface area contributed by atoms with Gasteiger partial charge in [0.1, 0.15) is 16.2 Å². The van der Waals surface area contributed by atoms with Crippen LogP contribution in [0.25, 0.3) is 65.0 Å². The van der Waals surface area contributed by atoms with Crippen LogP contribution < -0.4 is 4.90 Å². The lowest BCUT2D eigenvalue weighted by atomic mass is 9.67. The summed E-state index contributed by atoms with van der Waals surface area (Å²) in [5.41, 5.74) is 16.4. The van der Waals surface area contributed by atoms with E-state index >= 15 is 0 Å². The third-order valence-corrected chi connectivity index (χ3v) is 13.3. The molecule has 1 aliphatic carbocycles. The molecule has 12 rings (SSSR count). The molecule has 0 N–H and O–H groups in total. The van der Waals surface area contributed by atoms with Gasteiger partial charge in [0.2, 0.25) is 0 Å². The van der Waals surface area contributed by atoms with Crippen molar-refractivity contribution in [3.05, 3.63) is 241 Å². The largest absolute Gasteiger partial charge is 0.455 e. The summed E-state index contributed by atoms with van der Waals surface area (Å²) in [7, 11) is 0. The minimum atomic E-state index is -0.516. The van der Waals surface area contributed by atoms with Gasteiger partial charge in [-0.15, -0.1) is 11.3 Å². The predicted octanol–water partition coefficient (Wildman–Crippen LogP) is 15.4. The van der Waals surface area contributed by atoms with Crippen LogP contribution in [0.2, 0.25) is 0 Å². The van der Waals surface area contributed by atoms with Crippen molar-refractivity contribution in [3.63, 3.8) is 0 Å². The maximum atomic E-state index is 6.48. The molecule has 4 heteroatoms. The number of para-hydroxylation sites is 2. The molecule has 2 aromatic heterocycles. The molecule has 2 heterocycles. The van der Waals surface area contributed by atoms with Gasteiger partial charge in [-0.05, 0) is 87.5 Å². The third-order valence-electron chi connectivity index (χ3n) is 12.2. The second kappa shape index (κ2) is 13.8. The fraction of sp³-hybridized carbons (Fsp3) is 0.0179. The molecule has 0 aliphatic heterocycles. The summed E-state index contributed by atoms with van der Waals surface area (Å²) in [5.74, 6) is 0. The SMILES string of the molecule is c1ccc(-c2nc3ccc(N(c4ccc(-c5cccc6c5oc5ccccc56)cc4)c4ccc5c(c4)C(c4ccccc4)(c4ccccc4)c4ccccc4-5)cc3s2)cc1. The van der Waals surface area contributed by atoms with Crippen molar-refractivity contribution in [2.75, 3.05) is 4.90 Å². The van der Waals surface area contributed by atoms with Crippen LogP contribution in [0.15, 0.2) is 223 Å². The molecule has 0 bridgehead atoms. The topological polar surface area (TPSA) is 29.3 Å². The van der Waals surface area contributed by atoms with E-state index in [1.54, 1.807) is 11.3 Å². The van der Waals surface area contributed by atoms with Crippen LogP contribution in [0, 0.1) is 0 Å². The fourth-order valence-electron chi connectivity index (χ4n) is 9.54. The van der Waals surface area contributed by atoms with Gasteiger partial charge in [0, 0.05) is 39.0 Å². The van der Waals surface area contributed by atoms with E-state index in [1.807, 2.05) is 12.1 Å². The van der Waals surface area contributed by atoms with Crippen molar-refractivity contribution in [1.82, 2.24) is 4.98 Å². The molecule has 0 atom stereocenters. The summed E-state index contributed by atoms with van der Waals surface area (Å²) in [5, 5.41) is 3.28. The van der Waals surface area contributed by atoms with Gasteiger partial charge in [-0.2, -0.15) is 0 Å². The highest BCUT2D eigenvalue weighted by Crippen LogP contribution is 2.57. The number of fused-ring (bicyclic) bond motifs is 7. The smallest absolute Gasteiger partial charge is 0.143 e. The average Bonchev–Trinajstić information content (AvgIpc) is 4.01. The van der Waals surface area contributed by atoms with Gasteiger partial charge in [-0.3, -0.25) is 0 Å². The van der Waals surface area contributed by atoms with Gasteiger partial charge in [-0.25, -0.2) is 4.98 Å². The van der Waals surface area contributed by atoms with Crippen LogP contribution in [0.1, 0.15) is 22.3 Å². The van der Waals surface area contributed by atoms with Crippen LogP contribution in [0.5, 0.6) is 0 Å². The van der Waals surface area contributed by atoms with Crippen LogP contribution in [-0.4, -0.2) is 4.98 Å². The molecular weight excluding hydrogens is 749 g/mol. The first-order valence-corrected chi connectivity index (χ1v) is 21.2. The molecule has 0 spiro atoms. The number of aromatic nitrogens is 1. The highest BCUT2D eigenvalue weighted by molar-refractivity contribution is 7.21. The van der Waals surface area contributed by atoms with Gasteiger partial charge < -0.3 is 9.32 Å². The van der Waals surface area contributed by atoms with Crippen molar-refractivity contribution in [2.24, 2.45) is 0 Å². The van der Waals surface area contributed by atoms with Gasteiger partial charge in [0.15, 0.2) is 0 Å². The Balaban J connectivity index is 1.06. The van der Waals surface area contributed by atoms with Crippen LogP contribution >= 0.6 is 11.3 Å². The van der Waals surface area contributed by atoms with E-state index < -0.39 is 5.41 Å². The van der Waals surface area contributed by atoms with Gasteiger partial charge >= 0.3 is 0 Å². The van der Waals surface area contributed by atoms with Crippen molar-refractivity contribution in [2.45, 2.75) is 5.41 Å². The van der Waals surface area contributed by atoms with E-state index in [4.69, 9.17) is 9.40 Å². The molecule has 282 valence electrons. The number of rotatable bonds is 7. The quantitative estimate of drug-likeness (QED) is 0.161. The normalized spacial score (nSPS) is 12.8. The number of anilines is 3. The van der Waals surface area contributed by atoms with Crippen LogP contribution in [0.4, 0.5) is 17.1 Å². The number of thiazole rings is 1. The zero-order chi connectivity index (χ0) is 39.6. The van der Waals surface area contributed by atoms with E-state index in [0.29, 0.717) is 0 Å². The maximum Gasteiger partial charge on any atom is 0.143 e. The Kier molecular flexibility index (Phi) is 7.94. The molecule has 0 fully saturated rings. The molecule has 0 radical (unpaired) electrons. The minimum absolute atomic E-state index is 0.516. The second-order valence-corrected chi connectivity index (χ2v) is 16.5. The lowest BCUT2D eigenvalue weighted by Crippen LogP contribution is -2.28. The van der Waals surface area contributed by atoms with Gasteiger partial charge in [-0.1, -0.05) is 170 Å². The molecule has 0 amide bonds. The van der Waals surface area contributed by atoms with E-state index in [0.717, 1.165) is 70.9 Å². The monoisotopic (exact) mass is 784 g/mol. The van der Waals surface area contributed by atoms with Crippen molar-refractivity contribution < 1.29 is 4.42 Å². The third kappa shape index (κ3) is 5.31. The molecule has 9 aromatic carbocycles. The number of furan rings is 1. The zero-order valence-corrected chi connectivity index (χ0v) is 33.3. The number of nitrogens with zero attached hydrogens (tertiary/aromatic N) is 2. The van der Waals surface area contributed by atoms with Crippen molar-refractivity contribution in [3.8, 4) is 32.8 Å². The molecule has 0 saturated heterocycles. The summed E-state index contributed by atoms with van der Waals surface area (Å²) >= 11 is 1.73. The van der Waals surface area contributed by atoms with Crippen LogP contribution in [-0.2, 0) is 5.41 Å². The summed E-state index contributed by atoms with van der Waals surface area (Å²) in [4.78, 5) is 7.46. The molecule has 3 nitrogen and oxygen atoms in total. The molecule has 11 aromatic rings. The summed E-state index contributed by atoms with van der Waals surface area (Å²) in [6.07, 6.45) is 0. The highest BCUT2D eigenvalue weighted by Gasteiger charge is 2.46. The van der Waals surface area contributed by atoms with Crippen molar-refractivity contribution in [1.29, 1.82) is 0 Å². The molecule has 0 saturated carbocycles. The minimum Gasteiger partial charge on any atom is -0.455 e. The Morgan fingerprint density at radius 2 is 1.03 bits per heavy atom. The van der Waals surface area contributed by atoms with E-state index in [2.05, 4.69) is 211 Å².